The van der Waals surface area contributed by atoms with Crippen molar-refractivity contribution in [2.75, 3.05) is 36.4 Å². The van der Waals surface area contributed by atoms with Crippen molar-refractivity contribution < 1.29 is 18.4 Å². The van der Waals surface area contributed by atoms with Gasteiger partial charge in [0.15, 0.2) is 0 Å². The molecule has 0 spiro atoms. The van der Waals surface area contributed by atoms with E-state index in [9.17, 15) is 18.4 Å². The quantitative estimate of drug-likeness (QED) is 0.816. The van der Waals surface area contributed by atoms with Crippen LogP contribution in [0.25, 0.3) is 0 Å². The van der Waals surface area contributed by atoms with Gasteiger partial charge >= 0.3 is 11.8 Å². The molecule has 1 aliphatic rings. The molecule has 2 aromatic carbocycles. The van der Waals surface area contributed by atoms with Crippen molar-refractivity contribution in [1.82, 2.24) is 4.90 Å². The summed E-state index contributed by atoms with van der Waals surface area (Å²) < 4.78 is 26.1. The highest BCUT2D eigenvalue weighted by Crippen LogP contribution is 2.20. The maximum Gasteiger partial charge on any atom is 0.313 e. The van der Waals surface area contributed by atoms with Gasteiger partial charge in [0.1, 0.15) is 11.6 Å². The SMILES string of the molecule is O=C(Nc1ccc(F)c(Cl)c1)C(=O)N1CCN(c2ccc(F)cc2)CC1. The van der Waals surface area contributed by atoms with Gasteiger partial charge in [-0.3, -0.25) is 9.59 Å². The van der Waals surface area contributed by atoms with E-state index in [1.807, 2.05) is 4.90 Å². The molecule has 3 rings (SSSR count). The number of piperazine rings is 1. The first-order valence-electron chi connectivity index (χ1n) is 8.00. The molecule has 2 aromatic rings. The third-order valence-electron chi connectivity index (χ3n) is 4.13. The van der Waals surface area contributed by atoms with Crippen LogP contribution in [0.5, 0.6) is 0 Å². The summed E-state index contributed by atoms with van der Waals surface area (Å²) in [5, 5.41) is 2.28. The number of rotatable bonds is 2. The minimum atomic E-state index is -0.803. The smallest absolute Gasteiger partial charge is 0.313 e. The molecular weight excluding hydrogens is 364 g/mol. The molecule has 0 atom stereocenters. The predicted octanol–water partition coefficient (Wildman–Crippen LogP) is 2.91. The average Bonchev–Trinajstić information content (AvgIpc) is 2.65. The Labute approximate surface area is 154 Å². The fraction of sp³-hybridized carbons (Fsp3) is 0.222. The Kier molecular flexibility index (Phi) is 5.37. The van der Waals surface area contributed by atoms with Crippen LogP contribution in [0.1, 0.15) is 0 Å². The molecule has 1 fully saturated rings. The number of benzene rings is 2. The first-order valence-corrected chi connectivity index (χ1v) is 8.37. The second kappa shape index (κ2) is 7.70. The lowest BCUT2D eigenvalue weighted by atomic mass is 10.2. The zero-order chi connectivity index (χ0) is 18.7. The summed E-state index contributed by atoms with van der Waals surface area (Å²) in [4.78, 5) is 27.8. The van der Waals surface area contributed by atoms with E-state index >= 15 is 0 Å². The first-order chi connectivity index (χ1) is 12.4. The highest BCUT2D eigenvalue weighted by atomic mass is 35.5. The van der Waals surface area contributed by atoms with Crippen LogP contribution in [0.15, 0.2) is 42.5 Å². The number of hydrogen-bond donors (Lipinski definition) is 1. The number of anilines is 2. The van der Waals surface area contributed by atoms with Crippen molar-refractivity contribution in [3.05, 3.63) is 59.1 Å². The van der Waals surface area contributed by atoms with Gasteiger partial charge in [0, 0.05) is 37.6 Å². The van der Waals surface area contributed by atoms with Crippen molar-refractivity contribution in [2.45, 2.75) is 0 Å². The Hall–Kier alpha value is -2.67. The Morgan fingerprint density at radius 3 is 2.23 bits per heavy atom. The molecule has 5 nitrogen and oxygen atoms in total. The second-order valence-corrected chi connectivity index (χ2v) is 6.25. The van der Waals surface area contributed by atoms with Crippen LogP contribution in [-0.4, -0.2) is 42.9 Å². The van der Waals surface area contributed by atoms with Gasteiger partial charge in [0.25, 0.3) is 0 Å². The van der Waals surface area contributed by atoms with Crippen LogP contribution >= 0.6 is 11.6 Å². The summed E-state index contributed by atoms with van der Waals surface area (Å²) in [6.45, 7) is 1.81. The molecule has 136 valence electrons. The molecule has 0 aliphatic carbocycles. The van der Waals surface area contributed by atoms with Gasteiger partial charge in [-0.2, -0.15) is 0 Å². The molecule has 2 amide bonds. The highest BCUT2D eigenvalue weighted by Gasteiger charge is 2.26. The van der Waals surface area contributed by atoms with Gasteiger partial charge in [0.05, 0.1) is 5.02 Å². The normalized spacial score (nSPS) is 14.3. The minimum absolute atomic E-state index is 0.136. The number of hydrogen-bond acceptors (Lipinski definition) is 3. The maximum absolute atomic E-state index is 13.1. The number of amides is 2. The number of carbonyl (C=O) groups excluding carboxylic acids is 2. The van der Waals surface area contributed by atoms with Gasteiger partial charge in [-0.05, 0) is 42.5 Å². The van der Waals surface area contributed by atoms with E-state index < -0.39 is 17.6 Å². The summed E-state index contributed by atoms with van der Waals surface area (Å²) in [7, 11) is 0. The third-order valence-corrected chi connectivity index (χ3v) is 4.42. The van der Waals surface area contributed by atoms with Crippen LogP contribution in [0.3, 0.4) is 0 Å². The van der Waals surface area contributed by atoms with Gasteiger partial charge in [-0.15, -0.1) is 0 Å². The molecule has 0 aromatic heterocycles. The van der Waals surface area contributed by atoms with Crippen molar-refractivity contribution in [3.63, 3.8) is 0 Å². The number of nitrogens with one attached hydrogen (secondary N) is 1. The molecule has 0 bridgehead atoms. The Balaban J connectivity index is 1.56. The molecule has 8 heteroatoms. The van der Waals surface area contributed by atoms with Gasteiger partial charge in [-0.1, -0.05) is 11.6 Å². The summed E-state index contributed by atoms with van der Waals surface area (Å²) in [6, 6.07) is 9.81. The van der Waals surface area contributed by atoms with Crippen LogP contribution < -0.4 is 10.2 Å². The largest absolute Gasteiger partial charge is 0.368 e. The van der Waals surface area contributed by atoms with Crippen molar-refractivity contribution in [1.29, 1.82) is 0 Å². The van der Waals surface area contributed by atoms with Crippen molar-refractivity contribution in [2.24, 2.45) is 0 Å². The van der Waals surface area contributed by atoms with Gasteiger partial charge < -0.3 is 15.1 Å². The fourth-order valence-electron chi connectivity index (χ4n) is 2.72. The fourth-order valence-corrected chi connectivity index (χ4v) is 2.90. The van der Waals surface area contributed by atoms with Crippen LogP contribution in [0.4, 0.5) is 20.2 Å². The molecule has 26 heavy (non-hydrogen) atoms. The van der Waals surface area contributed by atoms with Crippen molar-refractivity contribution in [3.8, 4) is 0 Å². The third kappa shape index (κ3) is 4.11. The monoisotopic (exact) mass is 379 g/mol. The lowest BCUT2D eigenvalue weighted by molar-refractivity contribution is -0.143. The number of halogens is 3. The van der Waals surface area contributed by atoms with Crippen LogP contribution in [0, 0.1) is 11.6 Å². The zero-order valence-corrected chi connectivity index (χ0v) is 14.5. The lowest BCUT2D eigenvalue weighted by Gasteiger charge is -2.35. The molecule has 0 saturated carbocycles. The van der Waals surface area contributed by atoms with E-state index in [2.05, 4.69) is 5.32 Å². The van der Waals surface area contributed by atoms with Crippen molar-refractivity contribution >= 4 is 34.8 Å². The Morgan fingerprint density at radius 2 is 1.62 bits per heavy atom. The molecule has 1 saturated heterocycles. The molecule has 1 aliphatic heterocycles. The summed E-state index contributed by atoms with van der Waals surface area (Å²) in [5.41, 5.74) is 1.11. The molecule has 1 N–H and O–H groups in total. The maximum atomic E-state index is 13.1. The first kappa shape index (κ1) is 18.1. The van der Waals surface area contributed by atoms with Gasteiger partial charge in [-0.25, -0.2) is 8.78 Å². The summed E-state index contributed by atoms with van der Waals surface area (Å²) in [5.74, 6) is -2.37. The van der Waals surface area contributed by atoms with E-state index in [1.54, 1.807) is 12.1 Å². The number of carbonyl (C=O) groups is 2. The Bertz CT molecular complexity index is 822. The lowest BCUT2D eigenvalue weighted by Crippen LogP contribution is -2.51. The number of nitrogens with zero attached hydrogens (tertiary/aromatic N) is 2. The standard InChI is InChI=1S/C18H16ClF2N3O2/c19-15-11-13(3-6-16(15)21)22-17(25)18(26)24-9-7-23(8-10-24)14-4-1-12(20)2-5-14/h1-6,11H,7-10H2,(H,22,25). The zero-order valence-electron chi connectivity index (χ0n) is 13.7. The summed E-state index contributed by atoms with van der Waals surface area (Å²) in [6.07, 6.45) is 0. The topological polar surface area (TPSA) is 52.7 Å². The predicted molar refractivity (Wildman–Crippen MR) is 95.2 cm³/mol. The van der Waals surface area contributed by atoms with Crippen LogP contribution in [-0.2, 0) is 9.59 Å². The molecule has 0 radical (unpaired) electrons. The Morgan fingerprint density at radius 1 is 0.962 bits per heavy atom. The van der Waals surface area contributed by atoms with E-state index in [1.165, 1.54) is 29.2 Å². The molecule has 1 heterocycles. The molecule has 0 unspecified atom stereocenters. The second-order valence-electron chi connectivity index (χ2n) is 5.84. The van der Waals surface area contributed by atoms with Crippen LogP contribution in [0.2, 0.25) is 5.02 Å². The molecular formula is C18H16ClF2N3O2. The van der Waals surface area contributed by atoms with E-state index in [4.69, 9.17) is 11.6 Å². The van der Waals surface area contributed by atoms with E-state index in [0.29, 0.717) is 26.2 Å². The summed E-state index contributed by atoms with van der Waals surface area (Å²) >= 11 is 5.66. The van der Waals surface area contributed by atoms with Gasteiger partial charge in [0.2, 0.25) is 0 Å². The van der Waals surface area contributed by atoms with E-state index in [0.717, 1.165) is 11.8 Å². The van der Waals surface area contributed by atoms with E-state index in [-0.39, 0.29) is 16.5 Å². The minimum Gasteiger partial charge on any atom is -0.368 e. The average molecular weight is 380 g/mol. The highest BCUT2D eigenvalue weighted by molar-refractivity contribution is 6.39.